The van der Waals surface area contributed by atoms with Crippen molar-refractivity contribution in [1.82, 2.24) is 4.90 Å². The topological polar surface area (TPSA) is 70.7 Å². The van der Waals surface area contributed by atoms with Gasteiger partial charge in [0.05, 0.1) is 5.41 Å². The number of carbonyl (C=O) groups is 2. The van der Waals surface area contributed by atoms with Gasteiger partial charge in [0, 0.05) is 35.9 Å². The molecule has 2 aromatic rings. The average Bonchev–Trinajstić information content (AvgIpc) is 3.07. The van der Waals surface area contributed by atoms with Crippen LogP contribution in [0.1, 0.15) is 57.6 Å². The van der Waals surface area contributed by atoms with Crippen molar-refractivity contribution < 1.29 is 14.3 Å². The molecule has 2 N–H and O–H groups in total. The second kappa shape index (κ2) is 11.7. The van der Waals surface area contributed by atoms with Gasteiger partial charge < -0.3 is 15.4 Å². The summed E-state index contributed by atoms with van der Waals surface area (Å²) in [5.74, 6) is 0.716. The zero-order chi connectivity index (χ0) is 24.7. The highest BCUT2D eigenvalue weighted by Gasteiger charge is 2.48. The van der Waals surface area contributed by atoms with Crippen molar-refractivity contribution in [3.63, 3.8) is 0 Å². The number of carbonyl (C=O) groups excluding carboxylic acids is 2. The molecule has 4 rings (SSSR count). The second-order valence-electron chi connectivity index (χ2n) is 9.07. The number of amides is 2. The van der Waals surface area contributed by atoms with Gasteiger partial charge in [0.1, 0.15) is 12.4 Å². The Bertz CT molecular complexity index is 1010. The maximum absolute atomic E-state index is 12.7. The van der Waals surface area contributed by atoms with Crippen molar-refractivity contribution in [2.24, 2.45) is 0 Å². The van der Waals surface area contributed by atoms with Crippen molar-refractivity contribution in [3.8, 4) is 5.75 Å². The van der Waals surface area contributed by atoms with Gasteiger partial charge in [0.2, 0.25) is 11.8 Å². The standard InChI is InChI=1S/C23H26ClN3O3.C4H10/c1-15-3-5-18(14-21(15)25-16(2)28)30-12-11-27-9-7-23(8-10-27)19-13-17(24)4-6-20(19)26-22(23)29;1-3-4-2/h3-6,13-14H,7-12H2,1-2H3,(H,25,28)(H,26,29);3-4H2,1-2H3. The molecule has 2 aliphatic rings. The van der Waals surface area contributed by atoms with E-state index in [-0.39, 0.29) is 11.8 Å². The Labute approximate surface area is 208 Å². The van der Waals surface area contributed by atoms with Gasteiger partial charge in [0.25, 0.3) is 0 Å². The number of rotatable bonds is 6. The number of hydrogen-bond acceptors (Lipinski definition) is 4. The minimum absolute atomic E-state index is 0.0841. The first-order valence-corrected chi connectivity index (χ1v) is 12.5. The predicted octanol–water partition coefficient (Wildman–Crippen LogP) is 5.78. The number of benzene rings is 2. The SMILES string of the molecule is CC(=O)Nc1cc(OCCN2CCC3(CC2)C(=O)Nc2ccc(Cl)cc23)ccc1C.CCCC. The third-order valence-electron chi connectivity index (χ3n) is 6.59. The maximum atomic E-state index is 12.7. The van der Waals surface area contributed by atoms with Crippen LogP contribution in [0.2, 0.25) is 5.02 Å². The van der Waals surface area contributed by atoms with Crippen molar-refractivity contribution in [2.75, 3.05) is 36.9 Å². The van der Waals surface area contributed by atoms with Crippen LogP contribution in [-0.2, 0) is 15.0 Å². The Hall–Kier alpha value is -2.57. The summed E-state index contributed by atoms with van der Waals surface area (Å²) in [5, 5.41) is 6.50. The number of nitrogens with zero attached hydrogens (tertiary/aromatic N) is 1. The lowest BCUT2D eigenvalue weighted by Crippen LogP contribution is -2.47. The van der Waals surface area contributed by atoms with Crippen LogP contribution in [0.4, 0.5) is 11.4 Å². The minimum atomic E-state index is -0.470. The number of fused-ring (bicyclic) bond motifs is 2. The van der Waals surface area contributed by atoms with E-state index in [4.69, 9.17) is 16.3 Å². The minimum Gasteiger partial charge on any atom is -0.492 e. The van der Waals surface area contributed by atoms with Crippen LogP contribution >= 0.6 is 11.6 Å². The largest absolute Gasteiger partial charge is 0.492 e. The highest BCUT2D eigenvalue weighted by molar-refractivity contribution is 6.31. The molecule has 6 nitrogen and oxygen atoms in total. The van der Waals surface area contributed by atoms with Crippen LogP contribution < -0.4 is 15.4 Å². The lowest BCUT2D eigenvalue weighted by Gasteiger charge is -2.38. The molecule has 1 spiro atoms. The molecule has 0 radical (unpaired) electrons. The Kier molecular flexibility index (Phi) is 8.97. The molecule has 2 heterocycles. The molecule has 1 fully saturated rings. The van der Waals surface area contributed by atoms with Crippen LogP contribution in [0.5, 0.6) is 5.75 Å². The molecule has 7 heteroatoms. The van der Waals surface area contributed by atoms with Gasteiger partial charge in [-0.3, -0.25) is 14.5 Å². The lowest BCUT2D eigenvalue weighted by atomic mass is 9.73. The summed E-state index contributed by atoms with van der Waals surface area (Å²) >= 11 is 6.19. The van der Waals surface area contributed by atoms with Crippen molar-refractivity contribution in [3.05, 3.63) is 52.5 Å². The van der Waals surface area contributed by atoms with Gasteiger partial charge in [-0.05, 0) is 68.2 Å². The van der Waals surface area contributed by atoms with Gasteiger partial charge in [-0.2, -0.15) is 0 Å². The Morgan fingerprint density at radius 2 is 1.85 bits per heavy atom. The van der Waals surface area contributed by atoms with E-state index in [1.807, 2.05) is 43.3 Å². The molecule has 2 aromatic carbocycles. The molecule has 0 unspecified atom stereocenters. The van der Waals surface area contributed by atoms with Gasteiger partial charge in [0.15, 0.2) is 0 Å². The fourth-order valence-electron chi connectivity index (χ4n) is 4.35. The molecule has 184 valence electrons. The number of unbranched alkanes of at least 4 members (excludes halogenated alkanes) is 1. The number of ether oxygens (including phenoxy) is 1. The van der Waals surface area contributed by atoms with Crippen molar-refractivity contribution >= 4 is 34.8 Å². The number of halogens is 1. The van der Waals surface area contributed by atoms with Gasteiger partial charge >= 0.3 is 0 Å². The smallest absolute Gasteiger partial charge is 0.235 e. The van der Waals surface area contributed by atoms with Crippen LogP contribution in [-0.4, -0.2) is 43.0 Å². The Morgan fingerprint density at radius 3 is 2.50 bits per heavy atom. The summed E-state index contributed by atoms with van der Waals surface area (Å²) < 4.78 is 5.91. The Balaban J connectivity index is 0.000000751. The van der Waals surface area contributed by atoms with Gasteiger partial charge in [-0.25, -0.2) is 0 Å². The lowest BCUT2D eigenvalue weighted by molar-refractivity contribution is -0.122. The molecule has 0 aromatic heterocycles. The normalized spacial score (nSPS) is 16.3. The first kappa shape index (κ1) is 26.0. The summed E-state index contributed by atoms with van der Waals surface area (Å²) in [6, 6.07) is 11.3. The molecule has 0 saturated carbocycles. The van der Waals surface area contributed by atoms with Crippen LogP contribution in [0.15, 0.2) is 36.4 Å². The highest BCUT2D eigenvalue weighted by atomic mass is 35.5. The van der Waals surface area contributed by atoms with Crippen molar-refractivity contribution in [1.29, 1.82) is 0 Å². The molecule has 1 saturated heterocycles. The highest BCUT2D eigenvalue weighted by Crippen LogP contribution is 2.45. The van der Waals surface area contributed by atoms with E-state index in [1.54, 1.807) is 0 Å². The van der Waals surface area contributed by atoms with Gasteiger partial charge in [-0.15, -0.1) is 0 Å². The van der Waals surface area contributed by atoms with E-state index in [0.717, 1.165) is 60.7 Å². The van der Waals surface area contributed by atoms with E-state index >= 15 is 0 Å². The van der Waals surface area contributed by atoms with E-state index < -0.39 is 5.41 Å². The zero-order valence-corrected chi connectivity index (χ0v) is 21.4. The zero-order valence-electron chi connectivity index (χ0n) is 20.7. The number of likely N-dealkylation sites (tertiary alicyclic amines) is 1. The number of nitrogens with one attached hydrogen (secondary N) is 2. The summed E-state index contributed by atoms with van der Waals surface area (Å²) in [7, 11) is 0. The van der Waals surface area contributed by atoms with Crippen LogP contribution in [0.25, 0.3) is 0 Å². The number of aryl methyl sites for hydroxylation is 1. The predicted molar refractivity (Wildman–Crippen MR) is 139 cm³/mol. The molecular formula is C27H36ClN3O3. The summed E-state index contributed by atoms with van der Waals surface area (Å²) in [4.78, 5) is 26.4. The maximum Gasteiger partial charge on any atom is 0.235 e. The summed E-state index contributed by atoms with van der Waals surface area (Å²) in [5.41, 5.74) is 3.21. The first-order valence-electron chi connectivity index (χ1n) is 12.1. The fourth-order valence-corrected chi connectivity index (χ4v) is 4.52. The van der Waals surface area contributed by atoms with E-state index in [0.29, 0.717) is 11.6 Å². The Morgan fingerprint density at radius 1 is 1.15 bits per heavy atom. The van der Waals surface area contributed by atoms with E-state index in [9.17, 15) is 9.59 Å². The molecule has 0 aliphatic carbocycles. The molecule has 2 amide bonds. The van der Waals surface area contributed by atoms with Crippen molar-refractivity contribution in [2.45, 2.75) is 58.8 Å². The molecule has 0 atom stereocenters. The molecule has 34 heavy (non-hydrogen) atoms. The first-order chi connectivity index (χ1) is 16.3. The molecule has 2 aliphatic heterocycles. The third kappa shape index (κ3) is 6.10. The van der Waals surface area contributed by atoms with E-state index in [2.05, 4.69) is 29.4 Å². The van der Waals surface area contributed by atoms with Gasteiger partial charge in [-0.1, -0.05) is 44.4 Å². The van der Waals surface area contributed by atoms with E-state index in [1.165, 1.54) is 19.8 Å². The van der Waals surface area contributed by atoms with Crippen LogP contribution in [0, 0.1) is 6.92 Å². The summed E-state index contributed by atoms with van der Waals surface area (Å²) in [6.45, 7) is 10.8. The summed E-state index contributed by atoms with van der Waals surface area (Å²) in [6.07, 6.45) is 4.17. The average molecular weight is 486 g/mol. The number of anilines is 2. The quantitative estimate of drug-likeness (QED) is 0.544. The second-order valence-corrected chi connectivity index (χ2v) is 9.51. The molecule has 0 bridgehead atoms. The fraction of sp³-hybridized carbons (Fsp3) is 0.481. The number of hydrogen-bond donors (Lipinski definition) is 2. The molecular weight excluding hydrogens is 450 g/mol. The number of piperidine rings is 1. The monoisotopic (exact) mass is 485 g/mol. The van der Waals surface area contributed by atoms with Crippen LogP contribution in [0.3, 0.4) is 0 Å². The third-order valence-corrected chi connectivity index (χ3v) is 6.82.